The van der Waals surface area contributed by atoms with Crippen LogP contribution in [0.5, 0.6) is 0 Å². The molecule has 0 unspecified atom stereocenters. The van der Waals surface area contributed by atoms with E-state index < -0.39 is 9.84 Å². The highest BCUT2D eigenvalue weighted by Crippen LogP contribution is 2.23. The van der Waals surface area contributed by atoms with Crippen LogP contribution in [0.4, 0.5) is 11.4 Å². The normalized spacial score (nSPS) is 11.1. The number of nitrogens with two attached hydrogens (primary N) is 1. The number of benzene rings is 2. The number of rotatable bonds is 5. The third-order valence-electron chi connectivity index (χ3n) is 3.12. The maximum Gasteiger partial charge on any atom is 0.224 e. The molecule has 2 aromatic rings. The Morgan fingerprint density at radius 2 is 1.50 bits per heavy atom. The Hall–Kier alpha value is -2.34. The molecule has 0 atom stereocenters. The zero-order chi connectivity index (χ0) is 16.2. The van der Waals surface area contributed by atoms with Crippen molar-refractivity contribution in [2.24, 2.45) is 0 Å². The standard InChI is InChI=1S/C16H18N2O3S/c1-2-3-16(19)18-13-6-10-15(11-7-13)22(20,21)14-8-4-12(17)5-9-14/h4-11H,2-3,17H2,1H3,(H,18,19). The van der Waals surface area contributed by atoms with E-state index in [0.29, 0.717) is 17.8 Å². The third-order valence-corrected chi connectivity index (χ3v) is 4.90. The van der Waals surface area contributed by atoms with Crippen molar-refractivity contribution in [1.82, 2.24) is 0 Å². The van der Waals surface area contributed by atoms with Crippen LogP contribution in [0.1, 0.15) is 19.8 Å². The summed E-state index contributed by atoms with van der Waals surface area (Å²) in [5.41, 5.74) is 6.65. The number of nitrogens with one attached hydrogen (secondary N) is 1. The van der Waals surface area contributed by atoms with E-state index >= 15 is 0 Å². The van der Waals surface area contributed by atoms with Gasteiger partial charge in [0.15, 0.2) is 0 Å². The van der Waals surface area contributed by atoms with E-state index in [2.05, 4.69) is 5.32 Å². The van der Waals surface area contributed by atoms with Crippen molar-refractivity contribution >= 4 is 27.1 Å². The molecule has 0 spiro atoms. The first-order valence-corrected chi connectivity index (χ1v) is 8.42. The second-order valence-electron chi connectivity index (χ2n) is 4.90. The summed E-state index contributed by atoms with van der Waals surface area (Å²) in [6, 6.07) is 12.2. The predicted molar refractivity (Wildman–Crippen MR) is 86.3 cm³/mol. The van der Waals surface area contributed by atoms with Gasteiger partial charge in [0.25, 0.3) is 0 Å². The smallest absolute Gasteiger partial charge is 0.224 e. The Morgan fingerprint density at radius 1 is 1.00 bits per heavy atom. The van der Waals surface area contributed by atoms with Crippen LogP contribution < -0.4 is 11.1 Å². The van der Waals surface area contributed by atoms with Gasteiger partial charge in [0.1, 0.15) is 0 Å². The van der Waals surface area contributed by atoms with E-state index in [9.17, 15) is 13.2 Å². The molecule has 6 heteroatoms. The zero-order valence-corrected chi connectivity index (χ0v) is 13.1. The second-order valence-corrected chi connectivity index (χ2v) is 6.84. The molecule has 2 aromatic carbocycles. The molecule has 0 aliphatic carbocycles. The minimum atomic E-state index is -3.58. The summed E-state index contributed by atoms with van der Waals surface area (Å²) in [6.45, 7) is 1.92. The van der Waals surface area contributed by atoms with Gasteiger partial charge in [-0.05, 0) is 55.0 Å². The first kappa shape index (κ1) is 16.0. The molecule has 0 saturated heterocycles. The fraction of sp³-hybridized carbons (Fsp3) is 0.188. The minimum Gasteiger partial charge on any atom is -0.399 e. The molecule has 22 heavy (non-hydrogen) atoms. The summed E-state index contributed by atoms with van der Waals surface area (Å²) in [5.74, 6) is -0.0864. The molecule has 0 bridgehead atoms. The van der Waals surface area contributed by atoms with Crippen molar-refractivity contribution < 1.29 is 13.2 Å². The molecule has 0 aromatic heterocycles. The topological polar surface area (TPSA) is 89.3 Å². The van der Waals surface area contributed by atoms with Crippen molar-refractivity contribution in [3.8, 4) is 0 Å². The summed E-state index contributed by atoms with van der Waals surface area (Å²) in [7, 11) is -3.58. The highest BCUT2D eigenvalue weighted by Gasteiger charge is 2.17. The van der Waals surface area contributed by atoms with Crippen LogP contribution in [-0.4, -0.2) is 14.3 Å². The van der Waals surface area contributed by atoms with Gasteiger partial charge in [0.05, 0.1) is 9.79 Å². The van der Waals surface area contributed by atoms with E-state index in [1.54, 1.807) is 24.3 Å². The third kappa shape index (κ3) is 3.65. The van der Waals surface area contributed by atoms with Crippen molar-refractivity contribution in [2.45, 2.75) is 29.6 Å². The minimum absolute atomic E-state index is 0.0864. The fourth-order valence-electron chi connectivity index (χ4n) is 1.95. The molecule has 0 aliphatic heterocycles. The van der Waals surface area contributed by atoms with Crippen LogP contribution in [0.3, 0.4) is 0 Å². The van der Waals surface area contributed by atoms with Crippen LogP contribution in [0.25, 0.3) is 0 Å². The van der Waals surface area contributed by atoms with E-state index in [1.807, 2.05) is 6.92 Å². The molecule has 0 saturated carbocycles. The number of carbonyl (C=O) groups is 1. The summed E-state index contributed by atoms with van der Waals surface area (Å²) < 4.78 is 24.9. The molecule has 116 valence electrons. The SMILES string of the molecule is CCCC(=O)Nc1ccc(S(=O)(=O)c2ccc(N)cc2)cc1. The van der Waals surface area contributed by atoms with E-state index in [0.717, 1.165) is 6.42 Å². The number of nitrogen functional groups attached to an aromatic ring is 1. The summed E-state index contributed by atoms with van der Waals surface area (Å²) in [6.07, 6.45) is 1.20. The molecule has 0 radical (unpaired) electrons. The van der Waals surface area contributed by atoms with E-state index in [-0.39, 0.29) is 15.7 Å². The van der Waals surface area contributed by atoms with Crippen molar-refractivity contribution in [2.75, 3.05) is 11.1 Å². The Labute approximate surface area is 130 Å². The second kappa shape index (κ2) is 6.62. The molecular formula is C16H18N2O3S. The molecular weight excluding hydrogens is 300 g/mol. The Morgan fingerprint density at radius 3 is 2.00 bits per heavy atom. The number of amides is 1. The molecule has 1 amide bonds. The van der Waals surface area contributed by atoms with Gasteiger partial charge in [-0.2, -0.15) is 0 Å². The average molecular weight is 318 g/mol. The van der Waals surface area contributed by atoms with Crippen LogP contribution in [0, 0.1) is 0 Å². The van der Waals surface area contributed by atoms with Gasteiger partial charge in [0, 0.05) is 17.8 Å². The molecule has 5 nitrogen and oxygen atoms in total. The summed E-state index contributed by atoms with van der Waals surface area (Å²) in [5, 5.41) is 2.72. The van der Waals surface area contributed by atoms with Gasteiger partial charge in [-0.3, -0.25) is 4.79 Å². The first-order chi connectivity index (χ1) is 10.4. The lowest BCUT2D eigenvalue weighted by Gasteiger charge is -2.07. The fourth-order valence-corrected chi connectivity index (χ4v) is 3.21. The van der Waals surface area contributed by atoms with Gasteiger partial charge in [0.2, 0.25) is 15.7 Å². The first-order valence-electron chi connectivity index (χ1n) is 6.94. The summed E-state index contributed by atoms with van der Waals surface area (Å²) in [4.78, 5) is 11.9. The number of carbonyl (C=O) groups excluding carboxylic acids is 1. The van der Waals surface area contributed by atoms with Crippen LogP contribution in [-0.2, 0) is 14.6 Å². The van der Waals surface area contributed by atoms with E-state index in [4.69, 9.17) is 5.73 Å². The maximum absolute atomic E-state index is 12.5. The molecule has 0 heterocycles. The predicted octanol–water partition coefficient (Wildman–Crippen LogP) is 2.84. The Bertz CT molecular complexity index is 751. The number of hydrogen-bond donors (Lipinski definition) is 2. The van der Waals surface area contributed by atoms with Gasteiger partial charge < -0.3 is 11.1 Å². The monoisotopic (exact) mass is 318 g/mol. The lowest BCUT2D eigenvalue weighted by atomic mass is 10.3. The number of hydrogen-bond acceptors (Lipinski definition) is 4. The van der Waals surface area contributed by atoms with Gasteiger partial charge in [-0.1, -0.05) is 6.92 Å². The zero-order valence-electron chi connectivity index (χ0n) is 12.2. The molecule has 0 aliphatic rings. The summed E-state index contributed by atoms with van der Waals surface area (Å²) >= 11 is 0. The number of anilines is 2. The number of sulfone groups is 1. The molecule has 2 rings (SSSR count). The highest BCUT2D eigenvalue weighted by molar-refractivity contribution is 7.91. The Balaban J connectivity index is 2.22. The van der Waals surface area contributed by atoms with Crippen LogP contribution in [0.2, 0.25) is 0 Å². The lowest BCUT2D eigenvalue weighted by Crippen LogP contribution is -2.10. The van der Waals surface area contributed by atoms with Crippen molar-refractivity contribution in [1.29, 1.82) is 0 Å². The largest absolute Gasteiger partial charge is 0.399 e. The van der Waals surface area contributed by atoms with Gasteiger partial charge in [-0.25, -0.2) is 8.42 Å². The average Bonchev–Trinajstić information content (AvgIpc) is 2.48. The molecule has 0 fully saturated rings. The maximum atomic E-state index is 12.5. The van der Waals surface area contributed by atoms with Crippen molar-refractivity contribution in [3.63, 3.8) is 0 Å². The van der Waals surface area contributed by atoms with Crippen LogP contribution in [0.15, 0.2) is 58.3 Å². The highest BCUT2D eigenvalue weighted by atomic mass is 32.2. The lowest BCUT2D eigenvalue weighted by molar-refractivity contribution is -0.116. The quantitative estimate of drug-likeness (QED) is 0.830. The van der Waals surface area contributed by atoms with E-state index in [1.165, 1.54) is 24.3 Å². The van der Waals surface area contributed by atoms with Crippen LogP contribution >= 0.6 is 0 Å². The Kier molecular flexibility index (Phi) is 4.82. The van der Waals surface area contributed by atoms with Gasteiger partial charge >= 0.3 is 0 Å². The molecule has 3 N–H and O–H groups in total. The van der Waals surface area contributed by atoms with Crippen molar-refractivity contribution in [3.05, 3.63) is 48.5 Å². The van der Waals surface area contributed by atoms with Gasteiger partial charge in [-0.15, -0.1) is 0 Å².